The van der Waals surface area contributed by atoms with Crippen LogP contribution in [0.3, 0.4) is 0 Å². The van der Waals surface area contributed by atoms with Gasteiger partial charge in [0.1, 0.15) is 18.0 Å². The Hall–Kier alpha value is -1.34. The summed E-state index contributed by atoms with van der Waals surface area (Å²) in [5.41, 5.74) is -0.126. The van der Waals surface area contributed by atoms with Gasteiger partial charge >= 0.3 is 6.18 Å². The number of aliphatic hydroxyl groups is 1. The van der Waals surface area contributed by atoms with E-state index < -0.39 is 35.9 Å². The fourth-order valence-electron chi connectivity index (χ4n) is 3.01. The Bertz CT molecular complexity index is 559. The predicted molar refractivity (Wildman–Crippen MR) is 64.9 cm³/mol. The number of fused-ring (bicyclic) bond motifs is 2. The summed E-state index contributed by atoms with van der Waals surface area (Å²) in [5.74, 6) is -0.380. The zero-order valence-electron chi connectivity index (χ0n) is 11.5. The number of hydrogen-bond acceptors (Lipinski definition) is 4. The van der Waals surface area contributed by atoms with Gasteiger partial charge in [0.15, 0.2) is 5.78 Å². The van der Waals surface area contributed by atoms with Crippen LogP contribution in [0.5, 0.6) is 0 Å². The molecule has 0 bridgehead atoms. The Kier molecular flexibility index (Phi) is 3.01. The molecule has 4 nitrogen and oxygen atoms in total. The highest BCUT2D eigenvalue weighted by atomic mass is 19.4. The van der Waals surface area contributed by atoms with Gasteiger partial charge in [0.05, 0.1) is 0 Å². The van der Waals surface area contributed by atoms with Crippen LogP contribution in [0.2, 0.25) is 0 Å². The third kappa shape index (κ3) is 2.19. The molecule has 1 heterocycles. The van der Waals surface area contributed by atoms with Gasteiger partial charge in [-0.3, -0.25) is 4.79 Å². The van der Waals surface area contributed by atoms with Crippen molar-refractivity contribution < 1.29 is 32.5 Å². The average molecular weight is 304 g/mol. The van der Waals surface area contributed by atoms with Crippen LogP contribution in [0, 0.1) is 5.41 Å². The summed E-state index contributed by atoms with van der Waals surface area (Å²) < 4.78 is 48.5. The molecule has 1 N–H and O–H groups in total. The van der Waals surface area contributed by atoms with Crippen molar-refractivity contribution in [2.75, 3.05) is 0 Å². The fraction of sp³-hybridized carbons (Fsp3) is 0.643. The number of aliphatic hydroxyl groups excluding tert-OH is 1. The molecular weight excluding hydrogens is 289 g/mol. The van der Waals surface area contributed by atoms with Crippen LogP contribution in [0.15, 0.2) is 23.0 Å². The Labute approximate surface area is 119 Å². The number of halogens is 3. The lowest BCUT2D eigenvalue weighted by Gasteiger charge is -2.35. The minimum atomic E-state index is -4.63. The smallest absolute Gasteiger partial charge is 0.452 e. The number of carbonyl (C=O) groups is 1. The predicted octanol–water partition coefficient (Wildman–Crippen LogP) is 2.23. The number of alkyl halides is 3. The van der Waals surface area contributed by atoms with Crippen molar-refractivity contribution in [2.45, 2.75) is 51.4 Å². The zero-order chi connectivity index (χ0) is 15.6. The van der Waals surface area contributed by atoms with E-state index in [1.165, 1.54) is 0 Å². The molecule has 0 aromatic rings. The first kappa shape index (κ1) is 14.6. The van der Waals surface area contributed by atoms with Crippen molar-refractivity contribution in [1.82, 2.24) is 0 Å². The van der Waals surface area contributed by atoms with Gasteiger partial charge in [-0.25, -0.2) is 0 Å². The van der Waals surface area contributed by atoms with E-state index in [1.54, 1.807) is 19.9 Å². The van der Waals surface area contributed by atoms with E-state index in [0.29, 0.717) is 12.0 Å². The third-order valence-electron chi connectivity index (χ3n) is 4.05. The van der Waals surface area contributed by atoms with Crippen molar-refractivity contribution in [2.24, 2.45) is 5.41 Å². The van der Waals surface area contributed by atoms with Crippen molar-refractivity contribution >= 4 is 5.78 Å². The molecule has 0 amide bonds. The Morgan fingerprint density at radius 1 is 1.38 bits per heavy atom. The SMILES string of the molecule is CC1(C)C=C2C(=O)C(O)CCC2=C2OC(C(F)(F)F)OC21. The minimum absolute atomic E-state index is 0.0834. The van der Waals surface area contributed by atoms with E-state index >= 15 is 0 Å². The lowest BCUT2D eigenvalue weighted by Crippen LogP contribution is -2.38. The van der Waals surface area contributed by atoms with Gasteiger partial charge in [-0.15, -0.1) is 0 Å². The average Bonchev–Trinajstić information content (AvgIpc) is 2.80. The maximum absolute atomic E-state index is 12.8. The lowest BCUT2D eigenvalue weighted by molar-refractivity contribution is -0.277. The third-order valence-corrected chi connectivity index (χ3v) is 4.05. The summed E-state index contributed by atoms with van der Waals surface area (Å²) in [4.78, 5) is 12.0. The summed E-state index contributed by atoms with van der Waals surface area (Å²) in [6.07, 6.45) is -6.84. The topological polar surface area (TPSA) is 55.8 Å². The molecule has 2 aliphatic carbocycles. The second kappa shape index (κ2) is 4.33. The highest BCUT2D eigenvalue weighted by Crippen LogP contribution is 2.49. The van der Waals surface area contributed by atoms with Crippen molar-refractivity contribution in [1.29, 1.82) is 0 Å². The van der Waals surface area contributed by atoms with Gasteiger partial charge in [-0.2, -0.15) is 13.2 Å². The number of Topliss-reactive ketones (excluding diaryl/α,β-unsaturated/α-hetero) is 1. The van der Waals surface area contributed by atoms with Crippen LogP contribution in [0.25, 0.3) is 0 Å². The van der Waals surface area contributed by atoms with Gasteiger partial charge in [-0.05, 0) is 12.8 Å². The Morgan fingerprint density at radius 2 is 2.05 bits per heavy atom. The monoisotopic (exact) mass is 304 g/mol. The van der Waals surface area contributed by atoms with Gasteiger partial charge in [0.2, 0.25) is 0 Å². The van der Waals surface area contributed by atoms with Crippen LogP contribution in [-0.4, -0.2) is 35.6 Å². The number of rotatable bonds is 0. The molecule has 1 saturated heterocycles. The van der Waals surface area contributed by atoms with Gasteiger partial charge in [0, 0.05) is 16.6 Å². The summed E-state index contributed by atoms with van der Waals surface area (Å²) >= 11 is 0. The van der Waals surface area contributed by atoms with Crippen LogP contribution < -0.4 is 0 Å². The number of ether oxygens (including phenoxy) is 2. The summed E-state index contributed by atoms with van der Waals surface area (Å²) in [5, 5.41) is 9.64. The van der Waals surface area contributed by atoms with E-state index in [-0.39, 0.29) is 17.8 Å². The molecule has 3 atom stereocenters. The molecule has 0 spiro atoms. The van der Waals surface area contributed by atoms with Gasteiger partial charge in [-0.1, -0.05) is 19.9 Å². The number of ketones is 1. The highest BCUT2D eigenvalue weighted by molar-refractivity contribution is 6.04. The second-order valence-corrected chi connectivity index (χ2v) is 6.15. The molecular formula is C14H15F3O4. The minimum Gasteiger partial charge on any atom is -0.457 e. The summed E-state index contributed by atoms with van der Waals surface area (Å²) in [6.45, 7) is 3.36. The van der Waals surface area contributed by atoms with Crippen LogP contribution in [0.1, 0.15) is 26.7 Å². The largest absolute Gasteiger partial charge is 0.457 e. The molecule has 3 rings (SSSR count). The molecule has 21 heavy (non-hydrogen) atoms. The highest BCUT2D eigenvalue weighted by Gasteiger charge is 2.56. The lowest BCUT2D eigenvalue weighted by atomic mass is 9.72. The molecule has 0 radical (unpaired) electrons. The van der Waals surface area contributed by atoms with E-state index in [9.17, 15) is 23.1 Å². The molecule has 0 aromatic heterocycles. The van der Waals surface area contributed by atoms with Gasteiger partial charge < -0.3 is 14.6 Å². The van der Waals surface area contributed by atoms with Crippen molar-refractivity contribution in [3.63, 3.8) is 0 Å². The standard InChI is InChI=1S/C14H15F3O4/c1-13(2)5-7-6(3-4-8(18)9(7)19)10-11(13)21-12(20-10)14(15,16)17/h5,8,11-12,18H,3-4H2,1-2H3. The molecule has 7 heteroatoms. The first-order chi connectivity index (χ1) is 9.61. The number of hydrogen-bond donors (Lipinski definition) is 1. The van der Waals surface area contributed by atoms with Crippen molar-refractivity contribution in [3.05, 3.63) is 23.0 Å². The molecule has 3 aliphatic rings. The normalized spacial score (nSPS) is 35.0. The summed E-state index contributed by atoms with van der Waals surface area (Å²) in [7, 11) is 0. The maximum atomic E-state index is 12.8. The maximum Gasteiger partial charge on any atom is 0.452 e. The number of carbonyl (C=O) groups excluding carboxylic acids is 1. The first-order valence-electron chi connectivity index (χ1n) is 6.68. The summed E-state index contributed by atoms with van der Waals surface area (Å²) in [6, 6.07) is 0. The fourth-order valence-corrected chi connectivity index (χ4v) is 3.01. The van der Waals surface area contributed by atoms with E-state index in [4.69, 9.17) is 9.47 Å². The second-order valence-electron chi connectivity index (χ2n) is 6.15. The van der Waals surface area contributed by atoms with Crippen LogP contribution in [0.4, 0.5) is 13.2 Å². The Morgan fingerprint density at radius 3 is 2.67 bits per heavy atom. The molecule has 0 aromatic carbocycles. The molecule has 3 unspecified atom stereocenters. The molecule has 1 saturated carbocycles. The van der Waals surface area contributed by atoms with E-state index in [1.807, 2.05) is 0 Å². The zero-order valence-corrected chi connectivity index (χ0v) is 11.5. The van der Waals surface area contributed by atoms with Crippen LogP contribution >= 0.6 is 0 Å². The van der Waals surface area contributed by atoms with E-state index in [0.717, 1.165) is 0 Å². The first-order valence-corrected chi connectivity index (χ1v) is 6.68. The molecule has 1 aliphatic heterocycles. The number of allylic oxidation sites excluding steroid dienone is 1. The van der Waals surface area contributed by atoms with Crippen molar-refractivity contribution in [3.8, 4) is 0 Å². The van der Waals surface area contributed by atoms with Crippen LogP contribution in [-0.2, 0) is 14.3 Å². The van der Waals surface area contributed by atoms with Gasteiger partial charge in [0.25, 0.3) is 6.29 Å². The quantitative estimate of drug-likeness (QED) is 0.745. The Balaban J connectivity index is 2.05. The molecule has 116 valence electrons. The van der Waals surface area contributed by atoms with E-state index in [2.05, 4.69) is 0 Å². The molecule has 2 fully saturated rings.